The minimum atomic E-state index is -0.0650. The van der Waals surface area contributed by atoms with Crippen molar-refractivity contribution in [1.29, 1.82) is 0 Å². The van der Waals surface area contributed by atoms with Gasteiger partial charge in [0, 0.05) is 5.92 Å². The van der Waals surface area contributed by atoms with Crippen molar-refractivity contribution in [2.75, 3.05) is 20.8 Å². The molecule has 0 aromatic heterocycles. The fourth-order valence-electron chi connectivity index (χ4n) is 1.40. The highest BCUT2D eigenvalue weighted by molar-refractivity contribution is 5.44. The van der Waals surface area contributed by atoms with Gasteiger partial charge in [0.05, 0.1) is 20.8 Å². The first-order valence-electron chi connectivity index (χ1n) is 4.72. The predicted molar refractivity (Wildman–Crippen MR) is 59.6 cm³/mol. The zero-order chi connectivity index (χ0) is 11.3. The molecule has 0 heterocycles. The molecule has 0 aliphatic rings. The summed E-state index contributed by atoms with van der Waals surface area (Å²) in [5.74, 6) is 1.28. The van der Waals surface area contributed by atoms with Crippen LogP contribution in [0.4, 0.5) is 0 Å². The molecule has 0 saturated carbocycles. The van der Waals surface area contributed by atoms with Gasteiger partial charge in [0.2, 0.25) is 0 Å². The van der Waals surface area contributed by atoms with Gasteiger partial charge in [-0.1, -0.05) is 12.1 Å². The third-order valence-corrected chi connectivity index (χ3v) is 2.32. The van der Waals surface area contributed by atoms with Gasteiger partial charge in [0.25, 0.3) is 0 Å². The molecular formula is C12H16O3. The van der Waals surface area contributed by atoms with Crippen LogP contribution < -0.4 is 9.47 Å². The molecule has 0 radical (unpaired) electrons. The Kier molecular flexibility index (Phi) is 4.18. The first-order chi connectivity index (χ1) is 7.26. The normalized spacial score (nSPS) is 11.9. The van der Waals surface area contributed by atoms with Crippen LogP contribution in [0.1, 0.15) is 11.5 Å². The SMILES string of the molecule is C=CC(CO)c1ccc(OC)c(OC)c1. The molecule has 0 aliphatic carbocycles. The smallest absolute Gasteiger partial charge is 0.161 e. The standard InChI is InChI=1S/C12H16O3/c1-4-9(8-13)10-5-6-11(14-2)12(7-10)15-3/h4-7,9,13H,1,8H2,2-3H3. The molecule has 1 atom stereocenters. The minimum absolute atomic E-state index is 0.0407. The molecule has 0 saturated heterocycles. The average Bonchev–Trinajstić information content (AvgIpc) is 2.30. The summed E-state index contributed by atoms with van der Waals surface area (Å²) in [5, 5.41) is 9.13. The lowest BCUT2D eigenvalue weighted by Gasteiger charge is -2.13. The zero-order valence-corrected chi connectivity index (χ0v) is 9.06. The molecule has 3 heteroatoms. The lowest BCUT2D eigenvalue weighted by atomic mass is 10.00. The van der Waals surface area contributed by atoms with Gasteiger partial charge in [0.15, 0.2) is 11.5 Å². The van der Waals surface area contributed by atoms with Crippen LogP contribution in [0.3, 0.4) is 0 Å². The zero-order valence-electron chi connectivity index (χ0n) is 9.06. The Hall–Kier alpha value is -1.48. The van der Waals surface area contributed by atoms with Gasteiger partial charge in [-0.2, -0.15) is 0 Å². The van der Waals surface area contributed by atoms with E-state index in [4.69, 9.17) is 14.6 Å². The van der Waals surface area contributed by atoms with Crippen molar-refractivity contribution in [3.8, 4) is 11.5 Å². The Balaban J connectivity index is 3.06. The maximum atomic E-state index is 9.13. The van der Waals surface area contributed by atoms with Crippen molar-refractivity contribution in [2.24, 2.45) is 0 Å². The second-order valence-corrected chi connectivity index (χ2v) is 3.14. The summed E-state index contributed by atoms with van der Waals surface area (Å²) in [6.45, 7) is 3.71. The summed E-state index contributed by atoms with van der Waals surface area (Å²) in [5.41, 5.74) is 0.963. The number of aliphatic hydroxyl groups is 1. The molecule has 1 aromatic carbocycles. The van der Waals surface area contributed by atoms with E-state index in [1.807, 2.05) is 18.2 Å². The Morgan fingerprint density at radius 1 is 1.33 bits per heavy atom. The van der Waals surface area contributed by atoms with E-state index in [2.05, 4.69) is 6.58 Å². The predicted octanol–water partition coefficient (Wildman–Crippen LogP) is 1.97. The van der Waals surface area contributed by atoms with Gasteiger partial charge in [-0.05, 0) is 17.7 Å². The number of hydrogen-bond donors (Lipinski definition) is 1. The highest BCUT2D eigenvalue weighted by atomic mass is 16.5. The van der Waals surface area contributed by atoms with Crippen LogP contribution in [-0.2, 0) is 0 Å². The summed E-state index contributed by atoms with van der Waals surface area (Å²) in [7, 11) is 3.18. The Labute approximate surface area is 90.0 Å². The summed E-state index contributed by atoms with van der Waals surface area (Å²) < 4.78 is 10.3. The Bertz CT molecular complexity index is 334. The van der Waals surface area contributed by atoms with E-state index in [0.29, 0.717) is 11.5 Å². The van der Waals surface area contributed by atoms with Crippen molar-refractivity contribution in [1.82, 2.24) is 0 Å². The van der Waals surface area contributed by atoms with Crippen molar-refractivity contribution >= 4 is 0 Å². The molecule has 1 N–H and O–H groups in total. The fourth-order valence-corrected chi connectivity index (χ4v) is 1.40. The molecule has 0 bridgehead atoms. The van der Waals surface area contributed by atoms with Crippen LogP contribution in [0.15, 0.2) is 30.9 Å². The number of ether oxygens (including phenoxy) is 2. The molecular weight excluding hydrogens is 192 g/mol. The van der Waals surface area contributed by atoms with Crippen LogP contribution in [0, 0.1) is 0 Å². The molecule has 15 heavy (non-hydrogen) atoms. The first-order valence-corrected chi connectivity index (χ1v) is 4.72. The van der Waals surface area contributed by atoms with E-state index in [1.54, 1.807) is 20.3 Å². The van der Waals surface area contributed by atoms with E-state index in [-0.39, 0.29) is 12.5 Å². The topological polar surface area (TPSA) is 38.7 Å². The molecule has 82 valence electrons. The third-order valence-electron chi connectivity index (χ3n) is 2.32. The number of aliphatic hydroxyl groups excluding tert-OH is 1. The van der Waals surface area contributed by atoms with Crippen molar-refractivity contribution in [3.63, 3.8) is 0 Å². The van der Waals surface area contributed by atoms with Crippen LogP contribution in [0.25, 0.3) is 0 Å². The summed E-state index contributed by atoms with van der Waals surface area (Å²) in [6.07, 6.45) is 1.71. The Morgan fingerprint density at radius 2 is 2.00 bits per heavy atom. The fraction of sp³-hybridized carbons (Fsp3) is 0.333. The van der Waals surface area contributed by atoms with Crippen LogP contribution in [0.2, 0.25) is 0 Å². The first kappa shape index (κ1) is 11.6. The molecule has 1 unspecified atom stereocenters. The van der Waals surface area contributed by atoms with Gasteiger partial charge in [0.1, 0.15) is 0 Å². The second-order valence-electron chi connectivity index (χ2n) is 3.14. The van der Waals surface area contributed by atoms with Crippen molar-refractivity contribution in [3.05, 3.63) is 36.4 Å². The van der Waals surface area contributed by atoms with Crippen LogP contribution in [-0.4, -0.2) is 25.9 Å². The molecule has 0 spiro atoms. The number of hydrogen-bond acceptors (Lipinski definition) is 3. The largest absolute Gasteiger partial charge is 0.493 e. The highest BCUT2D eigenvalue weighted by Crippen LogP contribution is 2.30. The minimum Gasteiger partial charge on any atom is -0.493 e. The monoisotopic (exact) mass is 208 g/mol. The summed E-state index contributed by atoms with van der Waals surface area (Å²) in [6, 6.07) is 5.56. The maximum absolute atomic E-state index is 9.13. The lowest BCUT2D eigenvalue weighted by Crippen LogP contribution is -2.01. The molecule has 1 rings (SSSR count). The maximum Gasteiger partial charge on any atom is 0.161 e. The molecule has 3 nitrogen and oxygen atoms in total. The number of benzene rings is 1. The van der Waals surface area contributed by atoms with Crippen molar-refractivity contribution in [2.45, 2.75) is 5.92 Å². The Morgan fingerprint density at radius 3 is 2.47 bits per heavy atom. The van der Waals surface area contributed by atoms with Gasteiger partial charge < -0.3 is 14.6 Å². The average molecular weight is 208 g/mol. The molecule has 0 aliphatic heterocycles. The van der Waals surface area contributed by atoms with E-state index in [1.165, 1.54) is 0 Å². The quantitative estimate of drug-likeness (QED) is 0.752. The lowest BCUT2D eigenvalue weighted by molar-refractivity contribution is 0.283. The summed E-state index contributed by atoms with van der Waals surface area (Å²) >= 11 is 0. The van der Waals surface area contributed by atoms with Crippen LogP contribution in [0.5, 0.6) is 11.5 Å². The van der Waals surface area contributed by atoms with Crippen LogP contribution >= 0.6 is 0 Å². The molecule has 0 amide bonds. The van der Waals surface area contributed by atoms with Gasteiger partial charge in [-0.3, -0.25) is 0 Å². The molecule has 0 fully saturated rings. The van der Waals surface area contributed by atoms with E-state index in [9.17, 15) is 0 Å². The van der Waals surface area contributed by atoms with Gasteiger partial charge in [-0.25, -0.2) is 0 Å². The van der Waals surface area contributed by atoms with E-state index >= 15 is 0 Å². The van der Waals surface area contributed by atoms with Crippen molar-refractivity contribution < 1.29 is 14.6 Å². The van der Waals surface area contributed by atoms with E-state index in [0.717, 1.165) is 5.56 Å². The van der Waals surface area contributed by atoms with Gasteiger partial charge >= 0.3 is 0 Å². The second kappa shape index (κ2) is 5.41. The summed E-state index contributed by atoms with van der Waals surface area (Å²) in [4.78, 5) is 0. The number of methoxy groups -OCH3 is 2. The highest BCUT2D eigenvalue weighted by Gasteiger charge is 2.10. The third kappa shape index (κ3) is 2.50. The van der Waals surface area contributed by atoms with Gasteiger partial charge in [-0.15, -0.1) is 6.58 Å². The van der Waals surface area contributed by atoms with E-state index < -0.39 is 0 Å². The number of rotatable bonds is 5. The molecule has 1 aromatic rings.